The monoisotopic (exact) mass is 1210 g/mol. The number of ether oxygens (including phenoxy) is 4. The second-order valence-corrected chi connectivity index (χ2v) is 25.0. The molecule has 0 spiro atoms. The lowest BCUT2D eigenvalue weighted by atomic mass is 9.92. The quantitative estimate of drug-likeness (QED) is 0.0208. The lowest BCUT2D eigenvalue weighted by molar-refractivity contribution is -0.260. The summed E-state index contributed by atoms with van der Waals surface area (Å²) in [6.07, 6.45) is 34.1. The van der Waals surface area contributed by atoms with Gasteiger partial charge in [0.25, 0.3) is 0 Å². The molecule has 9 N–H and O–H groups in total. The van der Waals surface area contributed by atoms with Crippen LogP contribution in [0, 0.1) is 0 Å². The van der Waals surface area contributed by atoms with Gasteiger partial charge >= 0.3 is 11.9 Å². The summed E-state index contributed by atoms with van der Waals surface area (Å²) in [5.41, 5.74) is 5.61. The first kappa shape index (κ1) is 78.1. The molecule has 0 aromatic heterocycles. The molecule has 2 aliphatic heterocycles. The minimum Gasteiger partial charge on any atom is -0.462 e. The summed E-state index contributed by atoms with van der Waals surface area (Å²) < 4.78 is 23.8. The van der Waals surface area contributed by atoms with Gasteiger partial charge in [-0.25, -0.2) is 0 Å². The Balaban J connectivity index is 2.09. The predicted molar refractivity (Wildman–Crippen MR) is 337 cm³/mol. The van der Waals surface area contributed by atoms with Crippen molar-refractivity contribution < 1.29 is 63.3 Å². The number of carbonyl (C=O) groups excluding carboxylic acids is 5. The van der Waals surface area contributed by atoms with Gasteiger partial charge in [0.2, 0.25) is 17.7 Å². The molecule has 2 rings (SSSR count). The maximum atomic E-state index is 13.8. The highest BCUT2D eigenvalue weighted by atomic mass is 16.7. The first-order valence-electron chi connectivity index (χ1n) is 34.8. The van der Waals surface area contributed by atoms with Crippen LogP contribution in [0.3, 0.4) is 0 Å². The summed E-state index contributed by atoms with van der Waals surface area (Å²) in [4.78, 5) is 69.1. The molecule has 0 unspecified atom stereocenters. The van der Waals surface area contributed by atoms with Gasteiger partial charge in [0, 0.05) is 39.5 Å². The molecule has 0 aliphatic carbocycles. The van der Waals surface area contributed by atoms with Crippen LogP contribution in [0.1, 0.15) is 297 Å². The Morgan fingerprint density at radius 1 is 0.541 bits per heavy atom. The fourth-order valence-corrected chi connectivity index (χ4v) is 12.0. The van der Waals surface area contributed by atoms with Crippen LogP contribution in [0.25, 0.3) is 0 Å². The average molecular weight is 1210 g/mol. The number of unbranched alkanes of at least 4 members (excludes halogenated alkanes) is 34. The number of hydrogen-bond donors (Lipinski definition) is 8. The summed E-state index contributed by atoms with van der Waals surface area (Å²) in [6.45, 7) is 6.02. The van der Waals surface area contributed by atoms with Gasteiger partial charge in [-0.15, -0.1) is 0 Å². The van der Waals surface area contributed by atoms with E-state index in [9.17, 15) is 44.4 Å². The zero-order valence-electron chi connectivity index (χ0n) is 54.2. The van der Waals surface area contributed by atoms with Gasteiger partial charge in [0.1, 0.15) is 30.5 Å². The number of carbonyl (C=O) groups is 5. The summed E-state index contributed by atoms with van der Waals surface area (Å²) in [6, 6.07) is -3.14. The number of hydrogen-bond acceptors (Lipinski definition) is 15. The molecule has 18 nitrogen and oxygen atoms in total. The van der Waals surface area contributed by atoms with Crippen LogP contribution in [-0.2, 0) is 42.9 Å². The van der Waals surface area contributed by atoms with Crippen LogP contribution in [0.2, 0.25) is 0 Å². The van der Waals surface area contributed by atoms with Crippen molar-refractivity contribution in [2.45, 2.75) is 358 Å². The van der Waals surface area contributed by atoms with Crippen molar-refractivity contribution in [1.29, 1.82) is 0 Å². The predicted octanol–water partition coefficient (Wildman–Crippen LogP) is 10.8. The average Bonchev–Trinajstić information content (AvgIpc) is 2.79. The van der Waals surface area contributed by atoms with Gasteiger partial charge in [-0.1, -0.05) is 233 Å². The van der Waals surface area contributed by atoms with E-state index in [0.29, 0.717) is 19.3 Å². The molecular formula is C67H127N5O13. The van der Waals surface area contributed by atoms with E-state index in [1.54, 1.807) is 0 Å². The standard InChI is InChI=1S/C67H127N5O13/c1-5-8-11-14-17-20-21-26-31-36-41-46-61(78)85-66-62(71-57(74)44-39-34-29-25-22-27-32-37-42-47-68)67(82-4)84-56(65(66)81)49-69-59(76)51-72-50-54(63(79)64(80)55(72)52-73)70-58(75)48-53(43-38-33-28-23-18-15-12-9-6-2)83-60(77)45-40-35-30-24-19-16-13-10-7-3/h53-56,62-67,73,79-81H,5-52,68H2,1-4H3,(H,69,76)(H,70,75)(H,71,74)/t53-,54+,55-,56-,62-,63-,64-,65-,66-,67+/m1/s1. The number of nitrogens with zero attached hydrogens (tertiary/aromatic N) is 1. The summed E-state index contributed by atoms with van der Waals surface area (Å²) in [5, 5.41) is 53.4. The largest absolute Gasteiger partial charge is 0.462 e. The number of piperidine rings is 1. The minimum absolute atomic E-state index is 0.105. The van der Waals surface area contributed by atoms with Crippen LogP contribution < -0.4 is 21.7 Å². The zero-order chi connectivity index (χ0) is 62.1. The second-order valence-electron chi connectivity index (χ2n) is 25.0. The lowest BCUT2D eigenvalue weighted by Gasteiger charge is -2.45. The van der Waals surface area contributed by atoms with Crippen molar-refractivity contribution in [2.24, 2.45) is 5.73 Å². The van der Waals surface area contributed by atoms with E-state index in [1.165, 1.54) is 134 Å². The molecule has 0 saturated carbocycles. The highest BCUT2D eigenvalue weighted by Gasteiger charge is 2.49. The van der Waals surface area contributed by atoms with Crippen molar-refractivity contribution in [3.63, 3.8) is 0 Å². The van der Waals surface area contributed by atoms with Gasteiger partial charge in [-0.05, 0) is 45.1 Å². The number of nitrogens with two attached hydrogens (primary N) is 1. The molecule has 0 radical (unpaired) electrons. The molecule has 2 saturated heterocycles. The fraction of sp³-hybridized carbons (Fsp3) is 0.925. The van der Waals surface area contributed by atoms with Crippen molar-refractivity contribution in [2.75, 3.05) is 39.9 Å². The first-order chi connectivity index (χ1) is 41.3. The third-order valence-electron chi connectivity index (χ3n) is 17.4. The molecule has 0 aromatic rings. The second kappa shape index (κ2) is 51.9. The number of likely N-dealkylation sites (tertiary alicyclic amines) is 1. The maximum absolute atomic E-state index is 13.8. The third kappa shape index (κ3) is 37.0. The normalized spacial score (nSPS) is 22.0. The molecule has 18 heteroatoms. The highest BCUT2D eigenvalue weighted by Crippen LogP contribution is 2.27. The number of methoxy groups -OCH3 is 1. The topological polar surface area (TPSA) is 269 Å². The molecule has 2 fully saturated rings. The molecule has 2 heterocycles. The first-order valence-corrected chi connectivity index (χ1v) is 34.8. The number of aliphatic hydroxyl groups is 4. The molecule has 2 aliphatic rings. The maximum Gasteiger partial charge on any atom is 0.306 e. The smallest absolute Gasteiger partial charge is 0.306 e. The van der Waals surface area contributed by atoms with Crippen LogP contribution in [0.15, 0.2) is 0 Å². The van der Waals surface area contributed by atoms with Crippen molar-refractivity contribution >= 4 is 29.7 Å². The van der Waals surface area contributed by atoms with Crippen molar-refractivity contribution in [1.82, 2.24) is 20.9 Å². The summed E-state index contributed by atoms with van der Waals surface area (Å²) in [7, 11) is 1.39. The highest BCUT2D eigenvalue weighted by molar-refractivity contribution is 5.79. The molecule has 10 atom stereocenters. The molecule has 498 valence electrons. The SMILES string of the molecule is CCCCCCCCCCCCCC(=O)O[C@H]1[C@H](O)[C@@H](CNC(=O)CN2C[C@H](NC(=O)C[C@@H](CCCCCCCCCCC)OC(=O)CCCCCCCCCCC)[C@@H](O)[C@H](O)[C@H]2CO)O[C@H](OC)[C@@H]1NC(=O)CCCCCCCCCCCN. The van der Waals surface area contributed by atoms with Crippen molar-refractivity contribution in [3.05, 3.63) is 0 Å². The Morgan fingerprint density at radius 3 is 1.46 bits per heavy atom. The zero-order valence-corrected chi connectivity index (χ0v) is 54.2. The number of rotatable bonds is 55. The fourth-order valence-electron chi connectivity index (χ4n) is 12.0. The summed E-state index contributed by atoms with van der Waals surface area (Å²) >= 11 is 0. The van der Waals surface area contributed by atoms with Gasteiger partial charge < -0.3 is 61.1 Å². The third-order valence-corrected chi connectivity index (χ3v) is 17.4. The van der Waals surface area contributed by atoms with E-state index in [1.807, 2.05) is 0 Å². The van der Waals surface area contributed by atoms with E-state index in [2.05, 4.69) is 36.7 Å². The lowest BCUT2D eigenvalue weighted by Crippen LogP contribution is -2.68. The van der Waals surface area contributed by atoms with Gasteiger partial charge in [-0.2, -0.15) is 0 Å². The molecule has 3 amide bonds. The van der Waals surface area contributed by atoms with E-state index in [4.69, 9.17) is 24.7 Å². The number of nitrogens with one attached hydrogen (secondary N) is 3. The van der Waals surface area contributed by atoms with Crippen LogP contribution in [-0.4, -0.2) is 156 Å². The number of aliphatic hydroxyl groups excluding tert-OH is 4. The van der Waals surface area contributed by atoms with Crippen LogP contribution in [0.5, 0.6) is 0 Å². The molecule has 85 heavy (non-hydrogen) atoms. The Labute approximate surface area is 515 Å². The molecular weight excluding hydrogens is 1080 g/mol. The van der Waals surface area contributed by atoms with Crippen LogP contribution >= 0.6 is 0 Å². The minimum atomic E-state index is -1.54. The molecule has 0 aromatic carbocycles. The van der Waals surface area contributed by atoms with Gasteiger partial charge in [0.05, 0.1) is 37.8 Å². The Morgan fingerprint density at radius 2 is 0.988 bits per heavy atom. The van der Waals surface area contributed by atoms with E-state index < -0.39 is 85.4 Å². The summed E-state index contributed by atoms with van der Waals surface area (Å²) in [5.74, 6) is -2.20. The van der Waals surface area contributed by atoms with Gasteiger partial charge in [-0.3, -0.25) is 28.9 Å². The Kier molecular flexibility index (Phi) is 47.7. The number of esters is 2. The van der Waals surface area contributed by atoms with E-state index in [-0.39, 0.29) is 57.2 Å². The van der Waals surface area contributed by atoms with Crippen molar-refractivity contribution in [3.8, 4) is 0 Å². The van der Waals surface area contributed by atoms with Gasteiger partial charge in [0.15, 0.2) is 12.4 Å². The number of amides is 3. The van der Waals surface area contributed by atoms with E-state index in [0.717, 1.165) is 116 Å². The van der Waals surface area contributed by atoms with E-state index >= 15 is 0 Å². The van der Waals surface area contributed by atoms with Crippen LogP contribution in [0.4, 0.5) is 0 Å². The Bertz CT molecular complexity index is 1680. The Hall–Kier alpha value is -2.97. The molecule has 0 bridgehead atoms.